The van der Waals surface area contributed by atoms with Crippen LogP contribution in [0.1, 0.15) is 10.4 Å². The van der Waals surface area contributed by atoms with E-state index in [-0.39, 0.29) is 27.4 Å². The molecule has 9 nitrogen and oxygen atoms in total. The predicted octanol–water partition coefficient (Wildman–Crippen LogP) is 4.63. The Bertz CT molecular complexity index is 1580. The minimum absolute atomic E-state index is 0.00778. The molecule has 0 saturated carbocycles. The maximum absolute atomic E-state index is 13.0. The summed E-state index contributed by atoms with van der Waals surface area (Å²) >= 11 is 3.38. The van der Waals surface area contributed by atoms with E-state index in [9.17, 15) is 18.0 Å². The van der Waals surface area contributed by atoms with Crippen LogP contribution in [0.25, 0.3) is 11.0 Å². The molecule has 4 aromatic rings. The van der Waals surface area contributed by atoms with Crippen LogP contribution in [-0.2, 0) is 10.0 Å². The minimum atomic E-state index is -3.97. The van der Waals surface area contributed by atoms with E-state index in [4.69, 9.17) is 13.9 Å². The van der Waals surface area contributed by atoms with Crippen LogP contribution in [0, 0.1) is 0 Å². The quantitative estimate of drug-likeness (QED) is 0.317. The van der Waals surface area contributed by atoms with Crippen LogP contribution >= 0.6 is 15.9 Å². The topological polar surface area (TPSA) is 124 Å². The molecule has 0 saturated heterocycles. The molecule has 0 aliphatic carbocycles. The summed E-state index contributed by atoms with van der Waals surface area (Å²) in [5.41, 5.74) is -0.679. The summed E-state index contributed by atoms with van der Waals surface area (Å²) in [6, 6.07) is 16.8. The normalized spacial score (nSPS) is 11.2. The molecule has 1 heterocycles. The van der Waals surface area contributed by atoms with Gasteiger partial charge < -0.3 is 19.2 Å². The molecule has 1 aromatic heterocycles. The summed E-state index contributed by atoms with van der Waals surface area (Å²) in [7, 11) is -1.05. The molecular formula is C24H19BrN2O7S. The lowest BCUT2D eigenvalue weighted by Gasteiger charge is -2.14. The molecule has 3 aromatic carbocycles. The van der Waals surface area contributed by atoms with Gasteiger partial charge in [0.2, 0.25) is 0 Å². The molecule has 180 valence electrons. The zero-order valence-corrected chi connectivity index (χ0v) is 20.9. The number of rotatable bonds is 7. The van der Waals surface area contributed by atoms with Gasteiger partial charge in [-0.05, 0) is 54.6 Å². The van der Waals surface area contributed by atoms with Gasteiger partial charge in [-0.3, -0.25) is 9.52 Å². The number of amides is 1. The zero-order chi connectivity index (χ0) is 25.2. The fraction of sp³-hybridized carbons (Fsp3) is 0.0833. The van der Waals surface area contributed by atoms with Gasteiger partial charge in [0.25, 0.3) is 15.9 Å². The van der Waals surface area contributed by atoms with Gasteiger partial charge in [-0.1, -0.05) is 28.1 Å². The number of nitrogens with one attached hydrogen (secondary N) is 2. The van der Waals surface area contributed by atoms with E-state index in [2.05, 4.69) is 26.0 Å². The van der Waals surface area contributed by atoms with Crippen LogP contribution in [0.2, 0.25) is 0 Å². The number of benzene rings is 3. The highest BCUT2D eigenvalue weighted by molar-refractivity contribution is 9.10. The number of hydrogen-bond acceptors (Lipinski definition) is 7. The summed E-state index contributed by atoms with van der Waals surface area (Å²) in [5, 5.41) is 3.04. The third kappa shape index (κ3) is 5.00. The molecule has 0 aliphatic heterocycles. The Balaban J connectivity index is 1.65. The molecule has 1 amide bonds. The molecule has 0 aliphatic rings. The van der Waals surface area contributed by atoms with Gasteiger partial charge in [0.05, 0.1) is 30.5 Å². The second kappa shape index (κ2) is 9.80. The molecule has 0 bridgehead atoms. The van der Waals surface area contributed by atoms with Crippen LogP contribution in [0.4, 0.5) is 11.4 Å². The van der Waals surface area contributed by atoms with Crippen LogP contribution in [-0.4, -0.2) is 28.5 Å². The number of sulfonamides is 1. The van der Waals surface area contributed by atoms with Gasteiger partial charge in [0.1, 0.15) is 11.3 Å². The average molecular weight is 559 g/mol. The molecule has 0 fully saturated rings. The first-order chi connectivity index (χ1) is 16.7. The Kier molecular flexibility index (Phi) is 6.81. The molecular weight excluding hydrogens is 540 g/mol. The van der Waals surface area contributed by atoms with Gasteiger partial charge in [-0.25, -0.2) is 13.2 Å². The fourth-order valence-corrected chi connectivity index (χ4v) is 4.80. The smallest absolute Gasteiger partial charge is 0.349 e. The lowest BCUT2D eigenvalue weighted by atomic mass is 10.1. The first-order valence-electron chi connectivity index (χ1n) is 10.1. The molecule has 35 heavy (non-hydrogen) atoms. The summed E-state index contributed by atoms with van der Waals surface area (Å²) < 4.78 is 44.4. The van der Waals surface area contributed by atoms with E-state index in [1.54, 1.807) is 24.3 Å². The lowest BCUT2D eigenvalue weighted by molar-refractivity contribution is 0.102. The van der Waals surface area contributed by atoms with Crippen molar-refractivity contribution in [1.82, 2.24) is 0 Å². The monoisotopic (exact) mass is 558 g/mol. The lowest BCUT2D eigenvalue weighted by Crippen LogP contribution is -2.22. The predicted molar refractivity (Wildman–Crippen MR) is 135 cm³/mol. The first-order valence-corrected chi connectivity index (χ1v) is 12.4. The highest BCUT2D eigenvalue weighted by atomic mass is 79.9. The summed E-state index contributed by atoms with van der Waals surface area (Å²) in [5.74, 6) is 0.0760. The Morgan fingerprint density at radius 2 is 1.63 bits per heavy atom. The number of carbonyl (C=O) groups excluding carboxylic acids is 1. The maximum atomic E-state index is 13.0. The third-order valence-corrected chi connectivity index (χ3v) is 7.14. The molecule has 0 unspecified atom stereocenters. The Morgan fingerprint density at radius 1 is 0.943 bits per heavy atom. The molecule has 4 rings (SSSR count). The van der Waals surface area contributed by atoms with Crippen LogP contribution in [0.15, 0.2) is 85.3 Å². The second-order valence-corrected chi connectivity index (χ2v) is 9.76. The van der Waals surface area contributed by atoms with Crippen LogP contribution in [0.5, 0.6) is 11.5 Å². The third-order valence-electron chi connectivity index (χ3n) is 5.06. The number of para-hydroxylation sites is 2. The van der Waals surface area contributed by atoms with E-state index >= 15 is 0 Å². The summed E-state index contributed by atoms with van der Waals surface area (Å²) in [4.78, 5) is 25.6. The summed E-state index contributed by atoms with van der Waals surface area (Å²) in [6.45, 7) is 0. The maximum Gasteiger partial charge on any atom is 0.349 e. The number of hydrogen-bond donors (Lipinski definition) is 2. The van der Waals surface area contributed by atoms with E-state index < -0.39 is 21.6 Å². The Morgan fingerprint density at radius 3 is 2.29 bits per heavy atom. The standard InChI is InChI=1S/C24H19BrN2O7S/c1-32-14-7-9-15(10-8-14)35(30,31)27-20-6-4-3-5-19(20)26-23(28)17-13-16-18(25)11-12-21(33-2)22(16)34-24(17)29/h3-13,27H,1-2H3,(H,26,28). The van der Waals surface area contributed by atoms with Crippen molar-refractivity contribution in [1.29, 1.82) is 0 Å². The largest absolute Gasteiger partial charge is 0.497 e. The van der Waals surface area contributed by atoms with Crippen molar-refractivity contribution in [3.8, 4) is 11.5 Å². The molecule has 0 radical (unpaired) electrons. The van der Waals surface area contributed by atoms with Gasteiger partial charge in [0.15, 0.2) is 11.3 Å². The van der Waals surface area contributed by atoms with Crippen molar-refractivity contribution in [2.45, 2.75) is 4.90 Å². The van der Waals surface area contributed by atoms with Crippen molar-refractivity contribution < 1.29 is 27.1 Å². The SMILES string of the molecule is COc1ccc(S(=O)(=O)Nc2ccccc2NC(=O)c2cc3c(Br)ccc(OC)c3oc2=O)cc1. The van der Waals surface area contributed by atoms with Crippen LogP contribution in [0.3, 0.4) is 0 Å². The van der Waals surface area contributed by atoms with E-state index in [1.807, 2.05) is 0 Å². The fourth-order valence-electron chi connectivity index (χ4n) is 3.29. The van der Waals surface area contributed by atoms with Gasteiger partial charge in [-0.2, -0.15) is 0 Å². The highest BCUT2D eigenvalue weighted by Gasteiger charge is 2.20. The average Bonchev–Trinajstić information content (AvgIpc) is 2.85. The number of carbonyl (C=O) groups is 1. The zero-order valence-electron chi connectivity index (χ0n) is 18.5. The van der Waals surface area contributed by atoms with E-state index in [0.717, 1.165) is 0 Å². The van der Waals surface area contributed by atoms with Crippen molar-refractivity contribution in [3.63, 3.8) is 0 Å². The van der Waals surface area contributed by atoms with E-state index in [1.165, 1.54) is 56.7 Å². The molecule has 0 spiro atoms. The van der Waals surface area contributed by atoms with Crippen LogP contribution < -0.4 is 25.1 Å². The number of halogens is 1. The first kappa shape index (κ1) is 24.3. The van der Waals surface area contributed by atoms with Gasteiger partial charge >= 0.3 is 5.63 Å². The minimum Gasteiger partial charge on any atom is -0.497 e. The van der Waals surface area contributed by atoms with Crippen molar-refractivity contribution in [2.75, 3.05) is 24.3 Å². The van der Waals surface area contributed by atoms with Gasteiger partial charge in [-0.15, -0.1) is 0 Å². The number of fused-ring (bicyclic) bond motifs is 1. The number of anilines is 2. The van der Waals surface area contributed by atoms with E-state index in [0.29, 0.717) is 21.4 Å². The molecule has 0 atom stereocenters. The molecule has 2 N–H and O–H groups in total. The number of methoxy groups -OCH3 is 2. The van der Waals surface area contributed by atoms with Crippen molar-refractivity contribution >= 4 is 54.2 Å². The van der Waals surface area contributed by atoms with Crippen molar-refractivity contribution in [2.24, 2.45) is 0 Å². The second-order valence-electron chi connectivity index (χ2n) is 7.22. The number of ether oxygens (including phenoxy) is 2. The Hall–Kier alpha value is -3.83. The van der Waals surface area contributed by atoms with Gasteiger partial charge in [0, 0.05) is 9.86 Å². The Labute approximate surface area is 208 Å². The van der Waals surface area contributed by atoms with Crippen molar-refractivity contribution in [3.05, 3.63) is 87.2 Å². The highest BCUT2D eigenvalue weighted by Crippen LogP contribution is 2.32. The summed E-state index contributed by atoms with van der Waals surface area (Å²) in [6.07, 6.45) is 0. The molecule has 11 heteroatoms.